The first kappa shape index (κ1) is 41.2. The highest BCUT2D eigenvalue weighted by Gasteiger charge is 2.46. The molecule has 4 nitrogen and oxygen atoms in total. The van der Waals surface area contributed by atoms with E-state index in [1.54, 1.807) is 0 Å². The van der Waals surface area contributed by atoms with Gasteiger partial charge in [-0.05, 0) is 121 Å². The first-order chi connectivity index (χ1) is 34.1. The molecule has 69 heavy (non-hydrogen) atoms. The number of pyridine rings is 1. The van der Waals surface area contributed by atoms with E-state index in [4.69, 9.17) is 15.0 Å². The van der Waals surface area contributed by atoms with Crippen LogP contribution < -0.4 is 0 Å². The van der Waals surface area contributed by atoms with Crippen LogP contribution in [0.15, 0.2) is 255 Å². The van der Waals surface area contributed by atoms with Crippen molar-refractivity contribution in [2.45, 2.75) is 5.41 Å². The summed E-state index contributed by atoms with van der Waals surface area (Å²) < 4.78 is 0. The highest BCUT2D eigenvalue weighted by atomic mass is 14.9. The van der Waals surface area contributed by atoms with Gasteiger partial charge in [-0.15, -0.1) is 0 Å². The molecular formula is C65H42N4. The van der Waals surface area contributed by atoms with Crippen molar-refractivity contribution in [3.63, 3.8) is 0 Å². The lowest BCUT2D eigenvalue weighted by Gasteiger charge is -2.34. The van der Waals surface area contributed by atoms with E-state index in [0.29, 0.717) is 11.4 Å². The minimum absolute atomic E-state index is 0.641. The Hall–Kier alpha value is -9.30. The third-order valence-corrected chi connectivity index (χ3v) is 13.5. The lowest BCUT2D eigenvalue weighted by molar-refractivity contribution is 0.768. The number of nitrogens with zero attached hydrogens (tertiary/aromatic N) is 4. The first-order valence-corrected chi connectivity index (χ1v) is 23.2. The van der Waals surface area contributed by atoms with Crippen LogP contribution >= 0.6 is 0 Å². The number of nitriles is 1. The molecule has 0 atom stereocenters. The molecule has 0 saturated heterocycles. The molecule has 2 heterocycles. The Morgan fingerprint density at radius 2 is 0.768 bits per heavy atom. The van der Waals surface area contributed by atoms with Crippen LogP contribution in [0.2, 0.25) is 0 Å². The highest BCUT2D eigenvalue weighted by Crippen LogP contribution is 2.57. The summed E-state index contributed by atoms with van der Waals surface area (Å²) in [6.45, 7) is 0. The molecule has 2 aromatic heterocycles. The van der Waals surface area contributed by atoms with E-state index in [1.165, 1.54) is 11.1 Å². The van der Waals surface area contributed by atoms with Gasteiger partial charge in [-0.3, -0.25) is 4.98 Å². The molecule has 1 aliphatic rings. The van der Waals surface area contributed by atoms with Gasteiger partial charge >= 0.3 is 0 Å². The molecule has 4 heteroatoms. The molecule has 0 bridgehead atoms. The molecule has 322 valence electrons. The Balaban J connectivity index is 0.973. The Morgan fingerprint density at radius 1 is 0.319 bits per heavy atom. The quantitative estimate of drug-likeness (QED) is 0.145. The molecule has 0 amide bonds. The zero-order chi connectivity index (χ0) is 46.2. The third kappa shape index (κ3) is 7.49. The van der Waals surface area contributed by atoms with E-state index in [1.807, 2.05) is 48.7 Å². The molecule has 9 aromatic carbocycles. The Morgan fingerprint density at radius 3 is 1.33 bits per heavy atom. The summed E-state index contributed by atoms with van der Waals surface area (Å²) in [6, 6.07) is 89.8. The van der Waals surface area contributed by atoms with Gasteiger partial charge < -0.3 is 0 Å². The molecule has 0 saturated carbocycles. The largest absolute Gasteiger partial charge is 0.256 e. The monoisotopic (exact) mass is 878 g/mol. The topological polar surface area (TPSA) is 62.5 Å². The van der Waals surface area contributed by atoms with Crippen LogP contribution in [-0.2, 0) is 5.41 Å². The number of rotatable bonds is 9. The van der Waals surface area contributed by atoms with Crippen LogP contribution in [-0.4, -0.2) is 15.0 Å². The van der Waals surface area contributed by atoms with E-state index >= 15 is 0 Å². The van der Waals surface area contributed by atoms with Crippen LogP contribution in [0, 0.1) is 11.3 Å². The summed E-state index contributed by atoms with van der Waals surface area (Å²) in [6.07, 6.45) is 1.85. The second-order valence-electron chi connectivity index (χ2n) is 17.5. The van der Waals surface area contributed by atoms with Crippen molar-refractivity contribution in [1.29, 1.82) is 5.26 Å². The number of hydrogen-bond donors (Lipinski definition) is 0. The molecule has 12 rings (SSSR count). The van der Waals surface area contributed by atoms with Gasteiger partial charge in [0.05, 0.1) is 34.1 Å². The summed E-state index contributed by atoms with van der Waals surface area (Å²) in [4.78, 5) is 15.1. The van der Waals surface area contributed by atoms with Crippen molar-refractivity contribution in [1.82, 2.24) is 15.0 Å². The Bertz CT molecular complexity index is 3640. The summed E-state index contributed by atoms with van der Waals surface area (Å²) in [5.41, 5.74) is 20.2. The first-order valence-electron chi connectivity index (χ1n) is 23.2. The van der Waals surface area contributed by atoms with Crippen molar-refractivity contribution in [3.8, 4) is 95.7 Å². The number of hydrogen-bond acceptors (Lipinski definition) is 4. The van der Waals surface area contributed by atoms with Crippen LogP contribution in [0.3, 0.4) is 0 Å². The predicted octanol–water partition coefficient (Wildman–Crippen LogP) is 15.8. The molecule has 1 aliphatic carbocycles. The van der Waals surface area contributed by atoms with Gasteiger partial charge in [-0.1, -0.05) is 194 Å². The minimum atomic E-state index is -0.653. The van der Waals surface area contributed by atoms with Crippen LogP contribution in [0.4, 0.5) is 0 Å². The van der Waals surface area contributed by atoms with E-state index in [2.05, 4.69) is 212 Å². The second kappa shape index (κ2) is 17.5. The van der Waals surface area contributed by atoms with Gasteiger partial charge in [0.2, 0.25) is 0 Å². The summed E-state index contributed by atoms with van der Waals surface area (Å²) in [7, 11) is 0. The maximum Gasteiger partial charge on any atom is 0.160 e. The van der Waals surface area contributed by atoms with E-state index in [9.17, 15) is 5.26 Å². The van der Waals surface area contributed by atoms with Crippen molar-refractivity contribution in [2.24, 2.45) is 0 Å². The van der Waals surface area contributed by atoms with Crippen molar-refractivity contribution < 1.29 is 0 Å². The zero-order valence-electron chi connectivity index (χ0n) is 37.5. The predicted molar refractivity (Wildman–Crippen MR) is 280 cm³/mol. The van der Waals surface area contributed by atoms with Crippen molar-refractivity contribution >= 4 is 0 Å². The van der Waals surface area contributed by atoms with E-state index in [0.717, 1.165) is 95.0 Å². The van der Waals surface area contributed by atoms with Crippen LogP contribution in [0.25, 0.3) is 89.7 Å². The molecule has 0 spiro atoms. The Kier molecular flexibility index (Phi) is 10.4. The molecule has 0 N–H and O–H groups in total. The third-order valence-electron chi connectivity index (χ3n) is 13.5. The minimum Gasteiger partial charge on any atom is -0.256 e. The van der Waals surface area contributed by atoms with Crippen molar-refractivity contribution in [3.05, 3.63) is 283 Å². The average molecular weight is 879 g/mol. The fourth-order valence-electron chi connectivity index (χ4n) is 10.1. The maximum atomic E-state index is 10.2. The fraction of sp³-hybridized carbons (Fsp3) is 0.0154. The fourth-order valence-corrected chi connectivity index (χ4v) is 10.1. The summed E-state index contributed by atoms with van der Waals surface area (Å²) in [5.74, 6) is 0.679. The van der Waals surface area contributed by atoms with Gasteiger partial charge in [0, 0.05) is 28.5 Å². The maximum absolute atomic E-state index is 10.2. The summed E-state index contributed by atoms with van der Waals surface area (Å²) >= 11 is 0. The van der Waals surface area contributed by atoms with Gasteiger partial charge in [-0.25, -0.2) is 9.97 Å². The Labute approximate surface area is 402 Å². The molecule has 0 fully saturated rings. The van der Waals surface area contributed by atoms with Crippen LogP contribution in [0.5, 0.6) is 0 Å². The summed E-state index contributed by atoms with van der Waals surface area (Å²) in [5, 5.41) is 10.2. The SMILES string of the molecule is N#Cc1ccc2c(c1)C(c1ccccc1)(c1ccccc1)c1cc(-c3cc(-c4ccc(-c5cc(-c6ccc(-c7ccccc7)cc6)nc(-c6ccccc6)n5)cc4)cc(-c4ccccn4)c3)ccc1-2. The number of benzene rings is 9. The molecule has 0 aliphatic heterocycles. The van der Waals surface area contributed by atoms with Gasteiger partial charge in [0.1, 0.15) is 0 Å². The highest BCUT2D eigenvalue weighted by molar-refractivity contribution is 5.90. The molecule has 0 radical (unpaired) electrons. The van der Waals surface area contributed by atoms with Crippen molar-refractivity contribution in [2.75, 3.05) is 0 Å². The van der Waals surface area contributed by atoms with E-state index < -0.39 is 5.41 Å². The standard InChI is InChI=1S/C65H42N4/c66-43-44-24-34-57-58-35-33-51(41-60(58)65(59(57)37-44,55-19-9-3-10-20-55)56-21-11-4-12-22-56)53-38-52(39-54(40-53)61-23-13-14-36-67-61)47-27-31-49(32-28-47)63-42-62(68-64(69-63)50-17-7-2-8-18-50)48-29-25-46(26-30-48)45-15-5-1-6-16-45/h1-42H. The zero-order valence-corrected chi connectivity index (χ0v) is 37.5. The normalized spacial score (nSPS) is 12.2. The molecule has 11 aromatic rings. The van der Waals surface area contributed by atoms with Crippen LogP contribution in [0.1, 0.15) is 27.8 Å². The van der Waals surface area contributed by atoms with Gasteiger partial charge in [0.15, 0.2) is 5.82 Å². The molecule has 0 unspecified atom stereocenters. The molecular weight excluding hydrogens is 837 g/mol. The van der Waals surface area contributed by atoms with Gasteiger partial charge in [-0.2, -0.15) is 5.26 Å². The lowest BCUT2D eigenvalue weighted by Crippen LogP contribution is -2.28. The smallest absolute Gasteiger partial charge is 0.160 e. The second-order valence-corrected chi connectivity index (χ2v) is 17.5. The van der Waals surface area contributed by atoms with E-state index in [-0.39, 0.29) is 0 Å². The average Bonchev–Trinajstić information content (AvgIpc) is 3.73. The lowest BCUT2D eigenvalue weighted by atomic mass is 9.67. The number of aromatic nitrogens is 3. The number of fused-ring (bicyclic) bond motifs is 3. The van der Waals surface area contributed by atoms with Gasteiger partial charge in [0.25, 0.3) is 0 Å².